The second-order valence-corrected chi connectivity index (χ2v) is 9.21. The van der Waals surface area contributed by atoms with Crippen LogP contribution in [0.25, 0.3) is 38.2 Å². The lowest BCUT2D eigenvalue weighted by molar-refractivity contribution is 0.376. The summed E-state index contributed by atoms with van der Waals surface area (Å²) in [5.74, 6) is 0. The number of likely N-dealkylation sites (N-methyl/N-ethyl adjacent to an activating group) is 1. The summed E-state index contributed by atoms with van der Waals surface area (Å²) in [5, 5.41) is 5.59. The Bertz CT molecular complexity index is 1670. The predicted molar refractivity (Wildman–Crippen MR) is 132 cm³/mol. The van der Waals surface area contributed by atoms with Crippen LogP contribution < -0.4 is 16.7 Å². The monoisotopic (exact) mass is 448 g/mol. The third-order valence-corrected chi connectivity index (χ3v) is 6.30. The van der Waals surface area contributed by atoms with E-state index >= 15 is 0 Å². The van der Waals surface area contributed by atoms with E-state index in [4.69, 9.17) is 0 Å². The van der Waals surface area contributed by atoms with Crippen molar-refractivity contribution in [1.82, 2.24) is 28.5 Å². The largest absolute Gasteiger partial charge is 0.336 e. The van der Waals surface area contributed by atoms with Crippen molar-refractivity contribution in [1.29, 1.82) is 0 Å². The van der Waals surface area contributed by atoms with E-state index < -0.39 is 5.69 Å². The zero-order chi connectivity index (χ0) is 23.4. The molecule has 0 saturated carbocycles. The molecule has 172 valence electrons. The van der Waals surface area contributed by atoms with Gasteiger partial charge in [-0.3, -0.25) is 28.3 Å². The molecule has 0 radical (unpaired) electrons. The summed E-state index contributed by atoms with van der Waals surface area (Å²) in [6.07, 6.45) is 0.941. The first-order chi connectivity index (χ1) is 15.8. The van der Waals surface area contributed by atoms with Crippen LogP contribution in [0.4, 0.5) is 0 Å². The Morgan fingerprint density at radius 3 is 2.30 bits per heavy atom. The molecule has 33 heavy (non-hydrogen) atoms. The van der Waals surface area contributed by atoms with Crippen molar-refractivity contribution in [2.75, 3.05) is 41.3 Å². The molecule has 3 heterocycles. The number of pyridine rings is 1. The number of hydrogen-bond acceptors (Lipinski definition) is 5. The number of benzene rings is 2. The van der Waals surface area contributed by atoms with E-state index in [0.717, 1.165) is 41.3 Å². The number of nitrogens with one attached hydrogen (secondary N) is 1. The molecular weight excluding hydrogens is 420 g/mol. The predicted octanol–water partition coefficient (Wildman–Crippen LogP) is 1.36. The minimum atomic E-state index is -0.417. The fourth-order valence-electron chi connectivity index (χ4n) is 4.70. The number of nitrogens with zero attached hydrogens (tertiary/aromatic N) is 5. The summed E-state index contributed by atoms with van der Waals surface area (Å²) in [6.45, 7) is 2.53. The van der Waals surface area contributed by atoms with Crippen LogP contribution >= 0.6 is 0 Å². The van der Waals surface area contributed by atoms with E-state index in [2.05, 4.69) is 14.7 Å². The highest BCUT2D eigenvalue weighted by Crippen LogP contribution is 2.33. The number of rotatable bonds is 7. The Labute approximate surface area is 189 Å². The molecule has 9 nitrogen and oxygen atoms in total. The minimum absolute atomic E-state index is 0.180. The van der Waals surface area contributed by atoms with Crippen LogP contribution in [0.3, 0.4) is 0 Å². The van der Waals surface area contributed by atoms with Crippen molar-refractivity contribution < 1.29 is 0 Å². The molecule has 0 saturated heterocycles. The molecule has 1 N–H and O–H groups in total. The zero-order valence-corrected chi connectivity index (χ0v) is 19.4. The van der Waals surface area contributed by atoms with Crippen molar-refractivity contribution in [2.24, 2.45) is 0 Å². The number of fused-ring (bicyclic) bond motifs is 3. The summed E-state index contributed by atoms with van der Waals surface area (Å²) >= 11 is 0. The summed E-state index contributed by atoms with van der Waals surface area (Å²) < 4.78 is 4.90. The maximum absolute atomic E-state index is 13.6. The van der Waals surface area contributed by atoms with Crippen LogP contribution in [0.2, 0.25) is 0 Å². The van der Waals surface area contributed by atoms with Gasteiger partial charge in [-0.25, -0.2) is 4.79 Å². The van der Waals surface area contributed by atoms with Gasteiger partial charge >= 0.3 is 5.69 Å². The van der Waals surface area contributed by atoms with Crippen LogP contribution in [0.15, 0.2) is 44.7 Å². The maximum Gasteiger partial charge on any atom is 0.336 e. The second kappa shape index (κ2) is 7.86. The van der Waals surface area contributed by atoms with Gasteiger partial charge in [0.15, 0.2) is 5.43 Å². The first-order valence-corrected chi connectivity index (χ1v) is 11.1. The fourth-order valence-corrected chi connectivity index (χ4v) is 4.70. The lowest BCUT2D eigenvalue weighted by Gasteiger charge is -2.15. The SMILES string of the molecule is CN(C)CCCn1[nH]c2c3ccc(=O)cc3n3c(=O)n(CCN(C)C)c(=O)c4ccc1c2c43. The average Bonchev–Trinajstić information content (AvgIpc) is 3.12. The second-order valence-electron chi connectivity index (χ2n) is 9.21. The lowest BCUT2D eigenvalue weighted by atomic mass is 10.1. The Balaban J connectivity index is 1.91. The van der Waals surface area contributed by atoms with Crippen LogP contribution in [0.5, 0.6) is 0 Å². The quantitative estimate of drug-likeness (QED) is 0.300. The van der Waals surface area contributed by atoms with Crippen molar-refractivity contribution in [3.8, 4) is 0 Å². The van der Waals surface area contributed by atoms with E-state index in [1.807, 2.05) is 39.2 Å². The van der Waals surface area contributed by atoms with Gasteiger partial charge in [0.1, 0.15) is 0 Å². The van der Waals surface area contributed by atoms with E-state index in [9.17, 15) is 14.4 Å². The number of aryl methyl sites for hydroxylation is 1. The highest BCUT2D eigenvalue weighted by molar-refractivity contribution is 6.21. The molecule has 5 aromatic rings. The molecule has 0 bridgehead atoms. The average molecular weight is 449 g/mol. The standard InChI is InChI=1S/C24H28N6O3/c1-26(2)10-5-11-29-18-9-8-17-22-20(18)21(25-29)16-7-6-15(31)14-19(16)30(22)24(33)28(23(17)32)13-12-27(3)4/h6-9,14,25H,5,10-13H2,1-4H3. The van der Waals surface area contributed by atoms with Crippen molar-refractivity contribution in [2.45, 2.75) is 19.5 Å². The molecule has 0 atom stereocenters. The normalized spacial score (nSPS) is 12.5. The first kappa shape index (κ1) is 21.4. The Kier molecular flexibility index (Phi) is 5.10. The van der Waals surface area contributed by atoms with E-state index in [1.165, 1.54) is 16.7 Å². The Hall–Kier alpha value is -3.43. The van der Waals surface area contributed by atoms with Crippen molar-refractivity contribution in [3.63, 3.8) is 0 Å². The topological polar surface area (TPSA) is 87.8 Å². The number of H-pyrrole nitrogens is 1. The smallest absolute Gasteiger partial charge is 0.309 e. The Morgan fingerprint density at radius 1 is 0.848 bits per heavy atom. The highest BCUT2D eigenvalue weighted by atomic mass is 16.2. The third kappa shape index (κ3) is 3.35. The molecule has 3 aromatic heterocycles. The molecular formula is C24H28N6O3. The summed E-state index contributed by atoms with van der Waals surface area (Å²) in [4.78, 5) is 43.4. The van der Waals surface area contributed by atoms with Gasteiger partial charge in [-0.1, -0.05) is 0 Å². The van der Waals surface area contributed by atoms with Crippen molar-refractivity contribution in [3.05, 3.63) is 61.4 Å². The molecule has 9 heteroatoms. The molecule has 0 aliphatic rings. The summed E-state index contributed by atoms with van der Waals surface area (Å²) in [7, 11) is 7.89. The van der Waals surface area contributed by atoms with Gasteiger partial charge in [-0.05, 0) is 65.4 Å². The zero-order valence-electron chi connectivity index (χ0n) is 19.4. The molecule has 0 amide bonds. The highest BCUT2D eigenvalue weighted by Gasteiger charge is 2.22. The van der Waals surface area contributed by atoms with Crippen LogP contribution in [-0.4, -0.2) is 69.8 Å². The van der Waals surface area contributed by atoms with E-state index in [-0.39, 0.29) is 17.5 Å². The fraction of sp³-hybridized carbons (Fsp3) is 0.375. The minimum Gasteiger partial charge on any atom is -0.309 e. The van der Waals surface area contributed by atoms with E-state index in [1.54, 1.807) is 16.5 Å². The third-order valence-electron chi connectivity index (χ3n) is 6.30. The van der Waals surface area contributed by atoms with E-state index in [0.29, 0.717) is 23.0 Å². The van der Waals surface area contributed by atoms with Gasteiger partial charge in [0.05, 0.1) is 32.8 Å². The molecule has 0 fully saturated rings. The van der Waals surface area contributed by atoms with Crippen LogP contribution in [0.1, 0.15) is 6.42 Å². The number of hydrogen-bond donors (Lipinski definition) is 1. The van der Waals surface area contributed by atoms with Gasteiger partial charge in [0.25, 0.3) is 5.56 Å². The molecule has 0 unspecified atom stereocenters. The van der Waals surface area contributed by atoms with Gasteiger partial charge < -0.3 is 9.80 Å². The Morgan fingerprint density at radius 2 is 1.58 bits per heavy atom. The van der Waals surface area contributed by atoms with Crippen LogP contribution in [-0.2, 0) is 13.1 Å². The molecule has 2 aromatic carbocycles. The maximum atomic E-state index is 13.6. The summed E-state index contributed by atoms with van der Waals surface area (Å²) in [5.41, 5.74) is 1.95. The van der Waals surface area contributed by atoms with Crippen LogP contribution in [0, 0.1) is 0 Å². The molecule has 5 rings (SSSR count). The van der Waals surface area contributed by atoms with Gasteiger partial charge in [-0.15, -0.1) is 0 Å². The van der Waals surface area contributed by atoms with Gasteiger partial charge in [0.2, 0.25) is 0 Å². The molecule has 0 aliphatic heterocycles. The van der Waals surface area contributed by atoms with Crippen molar-refractivity contribution >= 4 is 38.2 Å². The summed E-state index contributed by atoms with van der Waals surface area (Å²) in [6, 6.07) is 8.51. The first-order valence-electron chi connectivity index (χ1n) is 11.1. The number of aromatic nitrogens is 4. The van der Waals surface area contributed by atoms with Gasteiger partial charge in [0, 0.05) is 31.1 Å². The van der Waals surface area contributed by atoms with Gasteiger partial charge in [-0.2, -0.15) is 0 Å². The number of aromatic amines is 1. The lowest BCUT2D eigenvalue weighted by Crippen LogP contribution is -2.40. The molecule has 0 aliphatic carbocycles. The molecule has 0 spiro atoms.